The van der Waals surface area contributed by atoms with Gasteiger partial charge in [0.15, 0.2) is 11.5 Å². The maximum absolute atomic E-state index is 12.5. The molecule has 1 atom stereocenters. The number of carbonyl (C=O) groups excluding carboxylic acids is 2. The fourth-order valence-corrected chi connectivity index (χ4v) is 2.73. The van der Waals surface area contributed by atoms with Crippen molar-refractivity contribution in [2.45, 2.75) is 32.7 Å². The maximum Gasteiger partial charge on any atom is 0.289 e. The monoisotopic (exact) mass is 311 g/mol. The molecule has 1 heterocycles. The zero-order valence-electron chi connectivity index (χ0n) is 13.7. The van der Waals surface area contributed by atoms with Crippen molar-refractivity contribution in [1.29, 1.82) is 0 Å². The van der Waals surface area contributed by atoms with Crippen LogP contribution in [-0.2, 0) is 0 Å². The van der Waals surface area contributed by atoms with E-state index in [0.29, 0.717) is 23.0 Å². The molecule has 1 saturated carbocycles. The Balaban J connectivity index is 1.76. The van der Waals surface area contributed by atoms with Crippen LogP contribution in [0.5, 0.6) is 0 Å². The van der Waals surface area contributed by atoms with E-state index in [2.05, 4.69) is 6.92 Å². The molecule has 0 radical (unpaired) electrons. The molecule has 0 saturated heterocycles. The average molecular weight is 311 g/mol. The standard InChI is InChI=1S/C19H21NO3/c1-12(14-4-5-14)20(3)19(22)18-11-10-17(23-18)16-8-6-15(7-9-16)13(2)21/h6-12,14H,4-5H2,1-3H3. The topological polar surface area (TPSA) is 50.5 Å². The third-order valence-corrected chi connectivity index (χ3v) is 4.63. The number of benzene rings is 1. The lowest BCUT2D eigenvalue weighted by Crippen LogP contribution is -2.36. The quantitative estimate of drug-likeness (QED) is 0.784. The number of carbonyl (C=O) groups is 2. The van der Waals surface area contributed by atoms with Gasteiger partial charge in [0.05, 0.1) is 0 Å². The van der Waals surface area contributed by atoms with Crippen LogP contribution in [0.1, 0.15) is 47.6 Å². The van der Waals surface area contributed by atoms with E-state index in [1.54, 1.807) is 29.2 Å². The van der Waals surface area contributed by atoms with E-state index in [1.807, 2.05) is 19.2 Å². The predicted molar refractivity (Wildman–Crippen MR) is 88.4 cm³/mol. The average Bonchev–Trinajstić information content (AvgIpc) is 3.29. The zero-order chi connectivity index (χ0) is 16.6. The van der Waals surface area contributed by atoms with Gasteiger partial charge in [-0.25, -0.2) is 0 Å². The van der Waals surface area contributed by atoms with Gasteiger partial charge < -0.3 is 9.32 Å². The summed E-state index contributed by atoms with van der Waals surface area (Å²) in [6.07, 6.45) is 2.40. The molecule has 3 rings (SSSR count). The van der Waals surface area contributed by atoms with E-state index in [-0.39, 0.29) is 17.7 Å². The molecule has 1 aromatic carbocycles. The van der Waals surface area contributed by atoms with E-state index in [0.717, 1.165) is 5.56 Å². The van der Waals surface area contributed by atoms with Crippen molar-refractivity contribution >= 4 is 11.7 Å². The van der Waals surface area contributed by atoms with Gasteiger partial charge in [-0.15, -0.1) is 0 Å². The third kappa shape index (κ3) is 3.21. The molecule has 120 valence electrons. The molecular weight excluding hydrogens is 290 g/mol. The summed E-state index contributed by atoms with van der Waals surface area (Å²) in [6.45, 7) is 3.62. The summed E-state index contributed by atoms with van der Waals surface area (Å²) >= 11 is 0. The first kappa shape index (κ1) is 15.5. The highest BCUT2D eigenvalue weighted by Crippen LogP contribution is 2.35. The second-order valence-electron chi connectivity index (χ2n) is 6.29. The fourth-order valence-electron chi connectivity index (χ4n) is 2.73. The molecule has 4 nitrogen and oxygen atoms in total. The van der Waals surface area contributed by atoms with Gasteiger partial charge in [-0.3, -0.25) is 9.59 Å². The highest BCUT2D eigenvalue weighted by molar-refractivity contribution is 5.94. The Labute approximate surface area is 136 Å². The molecule has 1 unspecified atom stereocenters. The van der Waals surface area contributed by atoms with Crippen LogP contribution in [0, 0.1) is 5.92 Å². The van der Waals surface area contributed by atoms with Gasteiger partial charge in [-0.1, -0.05) is 24.3 Å². The van der Waals surface area contributed by atoms with Gasteiger partial charge in [0.1, 0.15) is 5.76 Å². The van der Waals surface area contributed by atoms with Gasteiger partial charge in [-0.05, 0) is 44.7 Å². The molecule has 0 aliphatic heterocycles. The van der Waals surface area contributed by atoms with Crippen LogP contribution >= 0.6 is 0 Å². The fraction of sp³-hybridized carbons (Fsp3) is 0.368. The lowest BCUT2D eigenvalue weighted by Gasteiger charge is -2.23. The first-order valence-corrected chi connectivity index (χ1v) is 7.95. The van der Waals surface area contributed by atoms with Crippen LogP contribution < -0.4 is 0 Å². The van der Waals surface area contributed by atoms with E-state index >= 15 is 0 Å². The number of Topliss-reactive ketones (excluding diaryl/α,β-unsaturated/α-hetero) is 1. The molecule has 1 aromatic heterocycles. The second-order valence-corrected chi connectivity index (χ2v) is 6.29. The summed E-state index contributed by atoms with van der Waals surface area (Å²) in [5, 5.41) is 0. The summed E-state index contributed by atoms with van der Waals surface area (Å²) in [5.41, 5.74) is 1.52. The number of amides is 1. The molecule has 0 spiro atoms. The Hall–Kier alpha value is -2.36. The van der Waals surface area contributed by atoms with Crippen molar-refractivity contribution < 1.29 is 14.0 Å². The largest absolute Gasteiger partial charge is 0.451 e. The van der Waals surface area contributed by atoms with Crippen LogP contribution in [0.2, 0.25) is 0 Å². The second kappa shape index (κ2) is 6.03. The first-order valence-electron chi connectivity index (χ1n) is 7.95. The van der Waals surface area contributed by atoms with Crippen molar-refractivity contribution in [3.63, 3.8) is 0 Å². The molecule has 4 heteroatoms. The maximum atomic E-state index is 12.5. The highest BCUT2D eigenvalue weighted by Gasteiger charge is 2.33. The molecule has 1 aliphatic carbocycles. The number of rotatable bonds is 5. The smallest absolute Gasteiger partial charge is 0.289 e. The minimum atomic E-state index is -0.0870. The molecule has 1 aliphatic rings. The molecule has 0 N–H and O–H groups in total. The molecule has 1 fully saturated rings. The van der Waals surface area contributed by atoms with Crippen molar-refractivity contribution in [2.24, 2.45) is 5.92 Å². The Morgan fingerprint density at radius 2 is 1.78 bits per heavy atom. The van der Waals surface area contributed by atoms with Crippen molar-refractivity contribution in [2.75, 3.05) is 7.05 Å². The minimum absolute atomic E-state index is 0.0301. The Morgan fingerprint density at radius 3 is 2.35 bits per heavy atom. The Kier molecular flexibility index (Phi) is 4.07. The predicted octanol–water partition coefficient (Wildman–Crippen LogP) is 4.02. The molecular formula is C19H21NO3. The van der Waals surface area contributed by atoms with Crippen molar-refractivity contribution in [3.05, 3.63) is 47.7 Å². The van der Waals surface area contributed by atoms with Crippen LogP contribution in [-0.4, -0.2) is 29.7 Å². The number of ketones is 1. The van der Waals surface area contributed by atoms with E-state index < -0.39 is 0 Å². The van der Waals surface area contributed by atoms with E-state index in [4.69, 9.17) is 4.42 Å². The lowest BCUT2D eigenvalue weighted by molar-refractivity contribution is 0.0696. The lowest BCUT2D eigenvalue weighted by atomic mass is 10.1. The van der Waals surface area contributed by atoms with Gasteiger partial charge in [-0.2, -0.15) is 0 Å². The van der Waals surface area contributed by atoms with Gasteiger partial charge in [0, 0.05) is 24.2 Å². The van der Waals surface area contributed by atoms with Crippen molar-refractivity contribution in [3.8, 4) is 11.3 Å². The van der Waals surface area contributed by atoms with Gasteiger partial charge in [0.2, 0.25) is 0 Å². The summed E-state index contributed by atoms with van der Waals surface area (Å²) in [5.74, 6) is 1.55. The van der Waals surface area contributed by atoms with Crippen molar-refractivity contribution in [1.82, 2.24) is 4.90 Å². The van der Waals surface area contributed by atoms with Gasteiger partial charge >= 0.3 is 0 Å². The van der Waals surface area contributed by atoms with Crippen LogP contribution in [0.25, 0.3) is 11.3 Å². The Bertz CT molecular complexity index is 725. The summed E-state index contributed by atoms with van der Waals surface area (Å²) in [7, 11) is 1.83. The number of nitrogens with zero attached hydrogens (tertiary/aromatic N) is 1. The summed E-state index contributed by atoms with van der Waals surface area (Å²) in [6, 6.07) is 11.0. The first-order chi connectivity index (χ1) is 11.0. The zero-order valence-corrected chi connectivity index (χ0v) is 13.7. The number of hydrogen-bond donors (Lipinski definition) is 0. The highest BCUT2D eigenvalue weighted by atomic mass is 16.4. The number of hydrogen-bond acceptors (Lipinski definition) is 3. The van der Waals surface area contributed by atoms with Crippen LogP contribution in [0.4, 0.5) is 0 Å². The summed E-state index contributed by atoms with van der Waals surface area (Å²) in [4.78, 5) is 25.6. The molecule has 1 amide bonds. The molecule has 0 bridgehead atoms. The molecule has 23 heavy (non-hydrogen) atoms. The normalized spacial score (nSPS) is 15.3. The Morgan fingerprint density at radius 1 is 1.13 bits per heavy atom. The van der Waals surface area contributed by atoms with Crippen LogP contribution in [0.15, 0.2) is 40.8 Å². The van der Waals surface area contributed by atoms with Crippen LogP contribution in [0.3, 0.4) is 0 Å². The van der Waals surface area contributed by atoms with E-state index in [9.17, 15) is 9.59 Å². The summed E-state index contributed by atoms with van der Waals surface area (Å²) < 4.78 is 5.73. The van der Waals surface area contributed by atoms with Gasteiger partial charge in [0.25, 0.3) is 5.91 Å². The third-order valence-electron chi connectivity index (χ3n) is 4.63. The minimum Gasteiger partial charge on any atom is -0.451 e. The SMILES string of the molecule is CC(=O)c1ccc(-c2ccc(C(=O)N(C)C(C)C3CC3)o2)cc1. The molecule has 2 aromatic rings. The number of furan rings is 1. The van der Waals surface area contributed by atoms with E-state index in [1.165, 1.54) is 19.8 Å².